The number of aromatic nitrogens is 2. The van der Waals surface area contributed by atoms with E-state index in [2.05, 4.69) is 24.7 Å². The Labute approximate surface area is 131 Å². The lowest BCUT2D eigenvalue weighted by Crippen LogP contribution is -2.22. The zero-order chi connectivity index (χ0) is 15.6. The van der Waals surface area contributed by atoms with Crippen LogP contribution in [0.1, 0.15) is 17.3 Å². The molecule has 0 fully saturated rings. The molecule has 0 aliphatic carbocycles. The third-order valence-corrected chi connectivity index (χ3v) is 5.27. The largest absolute Gasteiger partial charge is 0.360 e. The summed E-state index contributed by atoms with van der Waals surface area (Å²) in [7, 11) is -1.07. The van der Waals surface area contributed by atoms with Gasteiger partial charge in [-0.25, -0.2) is 4.68 Å². The summed E-state index contributed by atoms with van der Waals surface area (Å²) in [6.45, 7) is 9.64. The van der Waals surface area contributed by atoms with Crippen LogP contribution in [0.25, 0.3) is 10.9 Å². The van der Waals surface area contributed by atoms with Crippen LogP contribution in [-0.4, -0.2) is 30.2 Å². The molecular formula is C15H21ClN2O2Si. The van der Waals surface area contributed by atoms with E-state index in [1.165, 1.54) is 6.92 Å². The Balaban J connectivity index is 2.09. The zero-order valence-electron chi connectivity index (χ0n) is 12.9. The minimum atomic E-state index is -1.07. The van der Waals surface area contributed by atoms with Gasteiger partial charge in [0.15, 0.2) is 5.78 Å². The Bertz CT molecular complexity index is 661. The molecule has 6 heteroatoms. The summed E-state index contributed by atoms with van der Waals surface area (Å²) in [5.41, 5.74) is 1.30. The quantitative estimate of drug-likeness (QED) is 0.454. The summed E-state index contributed by atoms with van der Waals surface area (Å²) in [6.07, 6.45) is 1.86. The van der Waals surface area contributed by atoms with Crippen molar-refractivity contribution < 1.29 is 9.53 Å². The number of benzene rings is 1. The number of carbonyl (C=O) groups excluding carboxylic acids is 1. The second kappa shape index (κ2) is 6.30. The minimum absolute atomic E-state index is 0.0141. The molecule has 0 unspecified atom stereocenters. The third-order valence-electron chi connectivity index (χ3n) is 3.25. The topological polar surface area (TPSA) is 44.1 Å². The van der Waals surface area contributed by atoms with E-state index in [0.717, 1.165) is 23.6 Å². The van der Waals surface area contributed by atoms with Gasteiger partial charge in [-0.1, -0.05) is 31.2 Å². The van der Waals surface area contributed by atoms with Crippen LogP contribution in [0.3, 0.4) is 0 Å². The molecule has 1 heterocycles. The van der Waals surface area contributed by atoms with Crippen molar-refractivity contribution in [2.45, 2.75) is 39.3 Å². The van der Waals surface area contributed by atoms with Gasteiger partial charge < -0.3 is 4.74 Å². The normalized spacial score (nSPS) is 12.0. The number of ether oxygens (including phenoxy) is 1. The van der Waals surface area contributed by atoms with Crippen molar-refractivity contribution in [1.82, 2.24) is 9.78 Å². The number of nitrogens with zero attached hydrogens (tertiary/aromatic N) is 2. The lowest BCUT2D eigenvalue weighted by atomic mass is 10.1. The minimum Gasteiger partial charge on any atom is -0.360 e. The molecule has 2 aromatic rings. The van der Waals surface area contributed by atoms with E-state index < -0.39 is 8.07 Å². The highest BCUT2D eigenvalue weighted by atomic mass is 35.5. The SMILES string of the molecule is CC(=O)c1cc(Cl)c2cn(COCC[Si](C)(C)C)nc2c1. The fourth-order valence-corrected chi connectivity index (χ4v) is 2.96. The summed E-state index contributed by atoms with van der Waals surface area (Å²) in [5.74, 6) is -0.0141. The lowest BCUT2D eigenvalue weighted by Gasteiger charge is -2.15. The lowest BCUT2D eigenvalue weighted by molar-refractivity contribution is 0.0791. The summed E-state index contributed by atoms with van der Waals surface area (Å²) in [5, 5.41) is 5.81. The first-order valence-corrected chi connectivity index (χ1v) is 11.1. The van der Waals surface area contributed by atoms with E-state index in [9.17, 15) is 4.79 Å². The molecule has 0 atom stereocenters. The Morgan fingerprint density at radius 3 is 2.71 bits per heavy atom. The van der Waals surface area contributed by atoms with Crippen LogP contribution in [0.15, 0.2) is 18.3 Å². The van der Waals surface area contributed by atoms with Crippen LogP contribution in [0, 0.1) is 0 Å². The molecule has 1 aromatic heterocycles. The van der Waals surface area contributed by atoms with Gasteiger partial charge in [-0.15, -0.1) is 0 Å². The van der Waals surface area contributed by atoms with Crippen molar-refractivity contribution in [3.8, 4) is 0 Å². The predicted molar refractivity (Wildman–Crippen MR) is 88.9 cm³/mol. The number of ketones is 1. The number of halogens is 1. The van der Waals surface area contributed by atoms with Crippen molar-refractivity contribution in [2.24, 2.45) is 0 Å². The van der Waals surface area contributed by atoms with Gasteiger partial charge in [-0.05, 0) is 25.1 Å². The molecule has 0 amide bonds. The fourth-order valence-electron chi connectivity index (χ4n) is 1.94. The number of carbonyl (C=O) groups is 1. The maximum Gasteiger partial charge on any atom is 0.159 e. The number of hydrogen-bond acceptors (Lipinski definition) is 3. The average molecular weight is 325 g/mol. The Hall–Kier alpha value is -1.17. The molecule has 0 radical (unpaired) electrons. The van der Waals surface area contributed by atoms with E-state index in [4.69, 9.17) is 16.3 Å². The molecule has 0 spiro atoms. The van der Waals surface area contributed by atoms with Crippen molar-refractivity contribution in [3.05, 3.63) is 28.9 Å². The predicted octanol–water partition coefficient (Wildman–Crippen LogP) is 4.20. The van der Waals surface area contributed by atoms with Crippen LogP contribution in [0.2, 0.25) is 30.7 Å². The summed E-state index contributed by atoms with van der Waals surface area (Å²) >= 11 is 6.20. The highest BCUT2D eigenvalue weighted by Gasteiger charge is 2.13. The van der Waals surface area contributed by atoms with Gasteiger partial charge in [-0.3, -0.25) is 4.79 Å². The maximum absolute atomic E-state index is 11.4. The van der Waals surface area contributed by atoms with Gasteiger partial charge >= 0.3 is 0 Å². The van der Waals surface area contributed by atoms with Gasteiger partial charge in [0.25, 0.3) is 0 Å². The molecule has 4 nitrogen and oxygen atoms in total. The molecule has 0 bridgehead atoms. The Kier molecular flexibility index (Phi) is 4.86. The van der Waals surface area contributed by atoms with E-state index in [-0.39, 0.29) is 5.78 Å². The van der Waals surface area contributed by atoms with Crippen molar-refractivity contribution in [3.63, 3.8) is 0 Å². The molecule has 0 saturated carbocycles. The number of hydrogen-bond donors (Lipinski definition) is 0. The van der Waals surface area contributed by atoms with Crippen molar-refractivity contribution >= 4 is 36.4 Å². The maximum atomic E-state index is 11.4. The van der Waals surface area contributed by atoms with Crippen LogP contribution < -0.4 is 0 Å². The summed E-state index contributed by atoms with van der Waals surface area (Å²) < 4.78 is 7.39. The molecule has 0 N–H and O–H groups in total. The van der Waals surface area contributed by atoms with Crippen LogP contribution in [-0.2, 0) is 11.5 Å². The van der Waals surface area contributed by atoms with Gasteiger partial charge in [0.05, 0.1) is 10.5 Å². The second-order valence-electron chi connectivity index (χ2n) is 6.46. The fraction of sp³-hybridized carbons (Fsp3) is 0.467. The zero-order valence-corrected chi connectivity index (χ0v) is 14.7. The third kappa shape index (κ3) is 4.39. The van der Waals surface area contributed by atoms with Crippen molar-refractivity contribution in [2.75, 3.05) is 6.61 Å². The van der Waals surface area contributed by atoms with E-state index >= 15 is 0 Å². The molecule has 2 rings (SSSR count). The van der Waals surface area contributed by atoms with E-state index in [0.29, 0.717) is 17.3 Å². The summed E-state index contributed by atoms with van der Waals surface area (Å²) in [6, 6.07) is 4.58. The van der Waals surface area contributed by atoms with Gasteiger partial charge in [-0.2, -0.15) is 5.10 Å². The number of fused-ring (bicyclic) bond motifs is 1. The standard InChI is InChI=1S/C15H21ClN2O2Si/c1-11(19)12-7-14(16)13-9-18(17-15(13)8-12)10-20-5-6-21(2,3)4/h7-9H,5-6,10H2,1-4H3. The highest BCUT2D eigenvalue weighted by Crippen LogP contribution is 2.25. The second-order valence-corrected chi connectivity index (χ2v) is 12.5. The molecule has 114 valence electrons. The molecule has 1 aromatic carbocycles. The number of rotatable bonds is 6. The van der Waals surface area contributed by atoms with E-state index in [1.807, 2.05) is 6.20 Å². The molecule has 0 aliphatic heterocycles. The van der Waals surface area contributed by atoms with Gasteiger partial charge in [0.1, 0.15) is 6.73 Å². The first kappa shape index (κ1) is 16.2. The first-order chi connectivity index (χ1) is 9.76. The monoisotopic (exact) mass is 324 g/mol. The molecule has 0 saturated heterocycles. The molecule has 21 heavy (non-hydrogen) atoms. The van der Waals surface area contributed by atoms with E-state index in [1.54, 1.807) is 16.8 Å². The van der Waals surface area contributed by atoms with Gasteiger partial charge in [0.2, 0.25) is 0 Å². The first-order valence-electron chi connectivity index (χ1n) is 7.02. The smallest absolute Gasteiger partial charge is 0.159 e. The van der Waals surface area contributed by atoms with Crippen LogP contribution >= 0.6 is 11.6 Å². The van der Waals surface area contributed by atoms with Gasteiger partial charge in [0, 0.05) is 31.8 Å². The molecular weight excluding hydrogens is 304 g/mol. The Morgan fingerprint density at radius 1 is 1.38 bits per heavy atom. The molecule has 0 aliphatic rings. The van der Waals surface area contributed by atoms with Crippen LogP contribution in [0.5, 0.6) is 0 Å². The van der Waals surface area contributed by atoms with Crippen molar-refractivity contribution in [1.29, 1.82) is 0 Å². The average Bonchev–Trinajstić information content (AvgIpc) is 2.77. The highest BCUT2D eigenvalue weighted by molar-refractivity contribution is 6.76. The Morgan fingerprint density at radius 2 is 2.10 bits per heavy atom. The van der Waals surface area contributed by atoms with Crippen LogP contribution in [0.4, 0.5) is 0 Å². The number of Topliss-reactive ketones (excluding diaryl/α,β-unsaturated/α-hetero) is 1. The summed E-state index contributed by atoms with van der Waals surface area (Å²) in [4.78, 5) is 11.4.